The summed E-state index contributed by atoms with van der Waals surface area (Å²) in [5.41, 5.74) is 2.01. The summed E-state index contributed by atoms with van der Waals surface area (Å²) in [6.45, 7) is 1.84. The van der Waals surface area contributed by atoms with Gasteiger partial charge in [0.15, 0.2) is 0 Å². The second-order valence-corrected chi connectivity index (χ2v) is 6.91. The molecule has 5 N–H and O–H groups in total. The summed E-state index contributed by atoms with van der Waals surface area (Å²) in [6.07, 6.45) is 1.51. The Morgan fingerprint density at radius 3 is 2.62 bits per heavy atom. The number of nitrogens with one attached hydrogen (secondary N) is 3. The number of fused-ring (bicyclic) bond motifs is 1. The van der Waals surface area contributed by atoms with Gasteiger partial charge in [0.05, 0.1) is 16.1 Å². The van der Waals surface area contributed by atoms with Crippen molar-refractivity contribution >= 4 is 27.4 Å². The van der Waals surface area contributed by atoms with Crippen molar-refractivity contribution in [1.82, 2.24) is 10.3 Å². The lowest BCUT2D eigenvalue weighted by Gasteiger charge is -2.19. The number of pyridine rings is 1. The van der Waals surface area contributed by atoms with E-state index >= 15 is 0 Å². The largest absolute Gasteiger partial charge is 0.380 e. The van der Waals surface area contributed by atoms with Crippen LogP contribution in [-0.4, -0.2) is 32.4 Å². The van der Waals surface area contributed by atoms with Crippen molar-refractivity contribution < 1.29 is 13.2 Å². The van der Waals surface area contributed by atoms with Crippen molar-refractivity contribution in [3.05, 3.63) is 47.7 Å². The third kappa shape index (κ3) is 3.63. The maximum absolute atomic E-state index is 12.2. The van der Waals surface area contributed by atoms with Gasteiger partial charge in [0.25, 0.3) is 5.91 Å². The molecule has 0 atom stereocenters. The predicted molar refractivity (Wildman–Crippen MR) is 90.2 cm³/mol. The van der Waals surface area contributed by atoms with E-state index < -0.39 is 10.0 Å². The fraction of sp³-hybridized carbons (Fsp3) is 0.200. The fourth-order valence-corrected chi connectivity index (χ4v) is 2.84. The maximum atomic E-state index is 12.2. The van der Waals surface area contributed by atoms with Crippen LogP contribution in [0.5, 0.6) is 0 Å². The molecule has 2 aromatic rings. The van der Waals surface area contributed by atoms with Gasteiger partial charge in [0.1, 0.15) is 5.82 Å². The smallest absolute Gasteiger partial charge is 0.253 e. The number of primary sulfonamides is 1. The molecule has 0 spiro atoms. The zero-order valence-corrected chi connectivity index (χ0v) is 13.6. The topological polar surface area (TPSA) is 126 Å². The number of amides is 1. The highest BCUT2D eigenvalue weighted by atomic mass is 32.2. The molecule has 0 saturated carbocycles. The van der Waals surface area contributed by atoms with E-state index in [-0.39, 0.29) is 17.3 Å². The van der Waals surface area contributed by atoms with E-state index in [1.54, 1.807) is 18.2 Å². The zero-order valence-electron chi connectivity index (χ0n) is 12.7. The Morgan fingerprint density at radius 1 is 1.21 bits per heavy atom. The molecule has 0 bridgehead atoms. The van der Waals surface area contributed by atoms with Gasteiger partial charge in [-0.2, -0.15) is 0 Å². The fourth-order valence-electron chi connectivity index (χ4n) is 2.32. The van der Waals surface area contributed by atoms with E-state index in [0.29, 0.717) is 5.56 Å². The van der Waals surface area contributed by atoms with Gasteiger partial charge < -0.3 is 16.0 Å². The van der Waals surface area contributed by atoms with Crippen LogP contribution in [0, 0.1) is 0 Å². The first kappa shape index (κ1) is 16.2. The molecule has 1 amide bonds. The maximum Gasteiger partial charge on any atom is 0.253 e. The highest BCUT2D eigenvalue weighted by Crippen LogP contribution is 2.22. The molecule has 126 valence electrons. The van der Waals surface area contributed by atoms with E-state index in [4.69, 9.17) is 5.14 Å². The lowest BCUT2D eigenvalue weighted by atomic mass is 10.2. The minimum absolute atomic E-state index is 0.0371. The standard InChI is InChI=1S/C15H17N5O3S/c16-24(22,23)12-3-1-10(2-4-12)8-20-15(21)11-7-13-14(19-9-11)18-6-5-17-13/h1-4,7,9,17H,5-6,8H2,(H,18,19)(H,20,21)(H2,16,22,23). The summed E-state index contributed by atoms with van der Waals surface area (Å²) in [7, 11) is -3.71. The lowest BCUT2D eigenvalue weighted by molar-refractivity contribution is 0.0950. The van der Waals surface area contributed by atoms with Crippen LogP contribution in [0.4, 0.5) is 11.5 Å². The molecule has 0 unspecified atom stereocenters. The van der Waals surface area contributed by atoms with Crippen LogP contribution >= 0.6 is 0 Å². The molecule has 1 aromatic heterocycles. The number of rotatable bonds is 4. The normalized spacial score (nSPS) is 13.4. The number of nitrogens with two attached hydrogens (primary N) is 1. The highest BCUT2D eigenvalue weighted by molar-refractivity contribution is 7.89. The number of carbonyl (C=O) groups excluding carboxylic acids is 1. The molecule has 0 aliphatic carbocycles. The summed E-state index contributed by atoms with van der Waals surface area (Å²) in [5, 5.41) is 14.1. The van der Waals surface area contributed by atoms with Crippen LogP contribution < -0.4 is 21.1 Å². The van der Waals surface area contributed by atoms with Crippen LogP contribution in [0.2, 0.25) is 0 Å². The number of nitrogens with zero attached hydrogens (tertiary/aromatic N) is 1. The molecule has 0 fully saturated rings. The van der Waals surface area contributed by atoms with E-state index in [1.807, 2.05) is 0 Å². The van der Waals surface area contributed by atoms with Gasteiger partial charge in [-0.3, -0.25) is 4.79 Å². The first-order chi connectivity index (χ1) is 11.4. The van der Waals surface area contributed by atoms with Gasteiger partial charge in [-0.05, 0) is 23.8 Å². The van der Waals surface area contributed by atoms with Gasteiger partial charge in [0, 0.05) is 25.8 Å². The lowest BCUT2D eigenvalue weighted by Crippen LogP contribution is -2.25. The summed E-state index contributed by atoms with van der Waals surface area (Å²) in [6, 6.07) is 7.78. The summed E-state index contributed by atoms with van der Waals surface area (Å²) >= 11 is 0. The molecule has 0 radical (unpaired) electrons. The van der Waals surface area contributed by atoms with Crippen LogP contribution in [-0.2, 0) is 16.6 Å². The van der Waals surface area contributed by atoms with Crippen molar-refractivity contribution in [2.45, 2.75) is 11.4 Å². The molecule has 9 heteroatoms. The van der Waals surface area contributed by atoms with Crippen LogP contribution in [0.1, 0.15) is 15.9 Å². The Kier molecular flexibility index (Phi) is 4.36. The second-order valence-electron chi connectivity index (χ2n) is 5.35. The molecular weight excluding hydrogens is 330 g/mol. The number of carbonyl (C=O) groups is 1. The van der Waals surface area contributed by atoms with E-state index in [0.717, 1.165) is 30.2 Å². The first-order valence-corrected chi connectivity index (χ1v) is 8.86. The Labute approximate surface area is 139 Å². The molecule has 24 heavy (non-hydrogen) atoms. The summed E-state index contributed by atoms with van der Waals surface area (Å²) < 4.78 is 22.4. The predicted octanol–water partition coefficient (Wildman–Crippen LogP) is 0.496. The van der Waals surface area contributed by atoms with Gasteiger partial charge in [-0.1, -0.05) is 12.1 Å². The van der Waals surface area contributed by atoms with Gasteiger partial charge in [0.2, 0.25) is 10.0 Å². The Hall–Kier alpha value is -2.65. The van der Waals surface area contributed by atoms with E-state index in [2.05, 4.69) is 20.9 Å². The van der Waals surface area contributed by atoms with Crippen LogP contribution in [0.15, 0.2) is 41.4 Å². The number of hydrogen-bond donors (Lipinski definition) is 4. The first-order valence-electron chi connectivity index (χ1n) is 7.31. The number of hydrogen-bond acceptors (Lipinski definition) is 6. The Bertz CT molecular complexity index is 865. The summed E-state index contributed by atoms with van der Waals surface area (Å²) in [4.78, 5) is 16.5. The van der Waals surface area contributed by atoms with Crippen molar-refractivity contribution in [2.75, 3.05) is 23.7 Å². The summed E-state index contributed by atoms with van der Waals surface area (Å²) in [5.74, 6) is 0.476. The number of anilines is 2. The number of benzene rings is 1. The van der Waals surface area contributed by atoms with Crippen molar-refractivity contribution in [3.8, 4) is 0 Å². The van der Waals surface area contributed by atoms with Crippen molar-refractivity contribution in [1.29, 1.82) is 0 Å². The Morgan fingerprint density at radius 2 is 1.92 bits per heavy atom. The molecule has 0 saturated heterocycles. The highest BCUT2D eigenvalue weighted by Gasteiger charge is 2.13. The van der Waals surface area contributed by atoms with E-state index in [9.17, 15) is 13.2 Å². The van der Waals surface area contributed by atoms with Crippen molar-refractivity contribution in [3.63, 3.8) is 0 Å². The average Bonchev–Trinajstić information content (AvgIpc) is 2.59. The molecule has 3 rings (SSSR count). The van der Waals surface area contributed by atoms with Crippen molar-refractivity contribution in [2.24, 2.45) is 5.14 Å². The van der Waals surface area contributed by atoms with Crippen LogP contribution in [0.3, 0.4) is 0 Å². The van der Waals surface area contributed by atoms with Gasteiger partial charge in [-0.25, -0.2) is 18.5 Å². The minimum Gasteiger partial charge on any atom is -0.380 e. The quantitative estimate of drug-likeness (QED) is 0.638. The van der Waals surface area contributed by atoms with E-state index in [1.165, 1.54) is 18.3 Å². The van der Waals surface area contributed by atoms with Crippen LogP contribution in [0.25, 0.3) is 0 Å². The van der Waals surface area contributed by atoms with Gasteiger partial charge in [-0.15, -0.1) is 0 Å². The molecule has 1 aliphatic heterocycles. The SMILES string of the molecule is NS(=O)(=O)c1ccc(CNC(=O)c2cnc3c(c2)NCCN3)cc1. The Balaban J connectivity index is 1.65. The third-order valence-corrected chi connectivity index (χ3v) is 4.52. The third-order valence-electron chi connectivity index (χ3n) is 3.59. The second kappa shape index (κ2) is 6.46. The zero-order chi connectivity index (χ0) is 17.2. The molecule has 1 aromatic carbocycles. The number of aromatic nitrogens is 1. The van der Waals surface area contributed by atoms with Gasteiger partial charge >= 0.3 is 0 Å². The minimum atomic E-state index is -3.71. The molecular formula is C15H17N5O3S. The number of sulfonamides is 1. The molecule has 2 heterocycles. The monoisotopic (exact) mass is 347 g/mol. The average molecular weight is 347 g/mol. The molecule has 8 nitrogen and oxygen atoms in total. The molecule has 1 aliphatic rings.